The molecule has 0 amide bonds. The van der Waals surface area contributed by atoms with E-state index >= 15 is 0 Å². The molecule has 1 N–H and O–H groups in total. The Kier molecular flexibility index (Phi) is 4.68. The van der Waals surface area contributed by atoms with Gasteiger partial charge in [0, 0.05) is 12.7 Å². The predicted octanol–water partition coefficient (Wildman–Crippen LogP) is 3.58. The lowest BCUT2D eigenvalue weighted by atomic mass is 10.2. The van der Waals surface area contributed by atoms with Gasteiger partial charge < -0.3 is 5.32 Å². The Morgan fingerprint density at radius 2 is 2.00 bits per heavy atom. The Labute approximate surface area is 127 Å². The summed E-state index contributed by atoms with van der Waals surface area (Å²) in [7, 11) is 0. The quantitative estimate of drug-likeness (QED) is 0.839. The summed E-state index contributed by atoms with van der Waals surface area (Å²) in [5, 5.41) is 3.34. The Hall–Kier alpha value is -1.24. The molecule has 0 aliphatic heterocycles. The van der Waals surface area contributed by atoms with Crippen molar-refractivity contribution in [3.63, 3.8) is 0 Å². The molecule has 4 nitrogen and oxygen atoms in total. The summed E-state index contributed by atoms with van der Waals surface area (Å²) in [4.78, 5) is 13.5. The fraction of sp³-hybridized carbons (Fsp3) is 0.357. The van der Waals surface area contributed by atoms with Crippen molar-refractivity contribution in [1.29, 1.82) is 0 Å². The molecule has 2 aromatic heterocycles. The van der Waals surface area contributed by atoms with E-state index in [-0.39, 0.29) is 0 Å². The van der Waals surface area contributed by atoms with Crippen molar-refractivity contribution < 1.29 is 0 Å². The highest BCUT2D eigenvalue weighted by atomic mass is 127. The van der Waals surface area contributed by atoms with Crippen molar-refractivity contribution in [1.82, 2.24) is 15.0 Å². The highest BCUT2D eigenvalue weighted by Gasteiger charge is 2.11. The fourth-order valence-electron chi connectivity index (χ4n) is 1.63. The molecule has 0 saturated heterocycles. The van der Waals surface area contributed by atoms with Crippen molar-refractivity contribution in [2.75, 3.05) is 11.9 Å². The summed E-state index contributed by atoms with van der Waals surface area (Å²) in [5.41, 5.74) is 2.92. The van der Waals surface area contributed by atoms with Gasteiger partial charge in [0.15, 0.2) is 5.82 Å². The molecule has 0 radical (unpaired) electrons. The van der Waals surface area contributed by atoms with Crippen molar-refractivity contribution >= 4 is 28.4 Å². The summed E-state index contributed by atoms with van der Waals surface area (Å²) >= 11 is 2.28. The van der Waals surface area contributed by atoms with E-state index in [4.69, 9.17) is 0 Å². The number of hydrogen-bond donors (Lipinski definition) is 1. The van der Waals surface area contributed by atoms with Gasteiger partial charge in [-0.25, -0.2) is 9.97 Å². The second kappa shape index (κ2) is 6.27. The molecule has 0 bridgehead atoms. The van der Waals surface area contributed by atoms with Crippen LogP contribution in [-0.2, 0) is 0 Å². The zero-order valence-corrected chi connectivity index (χ0v) is 13.5. The smallest absolute Gasteiger partial charge is 0.180 e. The van der Waals surface area contributed by atoms with Gasteiger partial charge >= 0.3 is 0 Å². The molecule has 0 atom stereocenters. The average Bonchev–Trinajstić information content (AvgIpc) is 2.41. The lowest BCUT2D eigenvalue weighted by Crippen LogP contribution is -2.08. The molecule has 0 unspecified atom stereocenters. The zero-order valence-electron chi connectivity index (χ0n) is 11.4. The first-order chi connectivity index (χ1) is 9.11. The molecule has 0 spiro atoms. The minimum atomic E-state index is 0.677. The van der Waals surface area contributed by atoms with Crippen LogP contribution in [0.15, 0.2) is 18.3 Å². The molecular formula is C14H17IN4. The van der Waals surface area contributed by atoms with E-state index in [9.17, 15) is 0 Å². The van der Waals surface area contributed by atoms with Crippen LogP contribution in [-0.4, -0.2) is 21.5 Å². The van der Waals surface area contributed by atoms with E-state index in [2.05, 4.69) is 49.8 Å². The maximum atomic E-state index is 4.58. The molecule has 5 heteroatoms. The normalized spacial score (nSPS) is 10.5. The lowest BCUT2D eigenvalue weighted by molar-refractivity contribution is 0.956. The third-order valence-electron chi connectivity index (χ3n) is 2.70. The number of pyridine rings is 1. The maximum Gasteiger partial charge on any atom is 0.180 e. The van der Waals surface area contributed by atoms with Gasteiger partial charge in [0.25, 0.3) is 0 Å². The van der Waals surface area contributed by atoms with Gasteiger partial charge in [-0.2, -0.15) is 0 Å². The van der Waals surface area contributed by atoms with Crippen LogP contribution >= 0.6 is 22.6 Å². The maximum absolute atomic E-state index is 4.58. The minimum Gasteiger partial charge on any atom is -0.369 e. The second-order valence-electron chi connectivity index (χ2n) is 4.44. The SMILES string of the molecule is CCCNc1nc(-c2ccc(C)cn2)nc(C)c1I. The van der Waals surface area contributed by atoms with E-state index in [0.717, 1.165) is 39.3 Å². The second-order valence-corrected chi connectivity index (χ2v) is 5.52. The molecule has 0 aliphatic rings. The van der Waals surface area contributed by atoms with Crippen LogP contribution in [0.25, 0.3) is 11.5 Å². The number of aryl methyl sites for hydroxylation is 2. The van der Waals surface area contributed by atoms with E-state index in [1.807, 2.05) is 32.2 Å². The van der Waals surface area contributed by atoms with Gasteiger partial charge in [-0.3, -0.25) is 4.98 Å². The first kappa shape index (κ1) is 14.2. The molecule has 0 aromatic carbocycles. The Morgan fingerprint density at radius 3 is 2.63 bits per heavy atom. The van der Waals surface area contributed by atoms with Gasteiger partial charge in [-0.05, 0) is 54.5 Å². The molecule has 0 saturated carbocycles. The number of halogens is 1. The number of hydrogen-bond acceptors (Lipinski definition) is 4. The highest BCUT2D eigenvalue weighted by Crippen LogP contribution is 2.22. The van der Waals surface area contributed by atoms with Gasteiger partial charge in [0.1, 0.15) is 11.5 Å². The molecule has 100 valence electrons. The number of anilines is 1. The van der Waals surface area contributed by atoms with Crippen molar-refractivity contribution in [2.45, 2.75) is 27.2 Å². The molecule has 19 heavy (non-hydrogen) atoms. The van der Waals surface area contributed by atoms with E-state index < -0.39 is 0 Å². The highest BCUT2D eigenvalue weighted by molar-refractivity contribution is 14.1. The first-order valence-corrected chi connectivity index (χ1v) is 7.40. The summed E-state index contributed by atoms with van der Waals surface area (Å²) in [6.07, 6.45) is 2.91. The average molecular weight is 368 g/mol. The fourth-order valence-corrected chi connectivity index (χ4v) is 2.07. The third kappa shape index (κ3) is 3.40. The van der Waals surface area contributed by atoms with Crippen LogP contribution in [0.2, 0.25) is 0 Å². The van der Waals surface area contributed by atoms with Crippen LogP contribution in [0.1, 0.15) is 24.6 Å². The van der Waals surface area contributed by atoms with Crippen molar-refractivity contribution in [2.24, 2.45) is 0 Å². The zero-order chi connectivity index (χ0) is 13.8. The monoisotopic (exact) mass is 368 g/mol. The molecule has 0 fully saturated rings. The number of rotatable bonds is 4. The van der Waals surface area contributed by atoms with Gasteiger partial charge in [0.2, 0.25) is 0 Å². The van der Waals surface area contributed by atoms with E-state index in [0.29, 0.717) is 5.82 Å². The molecule has 2 heterocycles. The summed E-state index contributed by atoms with van der Waals surface area (Å²) in [6, 6.07) is 3.98. The topological polar surface area (TPSA) is 50.7 Å². The number of nitrogens with one attached hydrogen (secondary N) is 1. The molecule has 2 aromatic rings. The Morgan fingerprint density at radius 1 is 1.21 bits per heavy atom. The van der Waals surface area contributed by atoms with Crippen LogP contribution in [0, 0.1) is 17.4 Å². The molecule has 2 rings (SSSR count). The summed E-state index contributed by atoms with van der Waals surface area (Å²) < 4.78 is 1.07. The van der Waals surface area contributed by atoms with Crippen LogP contribution in [0.3, 0.4) is 0 Å². The largest absolute Gasteiger partial charge is 0.369 e. The lowest BCUT2D eigenvalue weighted by Gasteiger charge is -2.10. The number of nitrogens with zero attached hydrogens (tertiary/aromatic N) is 3. The van der Waals surface area contributed by atoms with Gasteiger partial charge in [0.05, 0.1) is 9.26 Å². The Bertz CT molecular complexity index is 566. The standard InChI is InChI=1S/C14H17IN4/c1-4-7-16-14-12(15)10(3)18-13(19-14)11-6-5-9(2)8-17-11/h5-6,8H,4,7H2,1-3H3,(H,16,18,19). The van der Waals surface area contributed by atoms with Crippen molar-refractivity contribution in [3.8, 4) is 11.5 Å². The predicted molar refractivity (Wildman–Crippen MR) is 86.2 cm³/mol. The first-order valence-electron chi connectivity index (χ1n) is 6.33. The summed E-state index contributed by atoms with van der Waals surface area (Å²) in [5.74, 6) is 1.57. The van der Waals surface area contributed by atoms with Crippen LogP contribution in [0.5, 0.6) is 0 Å². The van der Waals surface area contributed by atoms with Crippen molar-refractivity contribution in [3.05, 3.63) is 33.2 Å². The van der Waals surface area contributed by atoms with E-state index in [1.54, 1.807) is 0 Å². The van der Waals surface area contributed by atoms with E-state index in [1.165, 1.54) is 0 Å². The summed E-state index contributed by atoms with van der Waals surface area (Å²) in [6.45, 7) is 7.06. The Balaban J connectivity index is 2.40. The van der Waals surface area contributed by atoms with Crippen LogP contribution < -0.4 is 5.32 Å². The van der Waals surface area contributed by atoms with Gasteiger partial charge in [-0.1, -0.05) is 13.0 Å². The molecule has 0 aliphatic carbocycles. The van der Waals surface area contributed by atoms with Crippen LogP contribution in [0.4, 0.5) is 5.82 Å². The minimum absolute atomic E-state index is 0.677. The molecular weight excluding hydrogens is 351 g/mol. The third-order valence-corrected chi connectivity index (χ3v) is 3.99. The van der Waals surface area contributed by atoms with Gasteiger partial charge in [-0.15, -0.1) is 0 Å². The number of aromatic nitrogens is 3.